The summed E-state index contributed by atoms with van der Waals surface area (Å²) in [6.07, 6.45) is 2.83. The summed E-state index contributed by atoms with van der Waals surface area (Å²) < 4.78 is 14.1. The highest BCUT2D eigenvalue weighted by Crippen LogP contribution is 2.34. The number of nitrogens with zero attached hydrogens (tertiary/aromatic N) is 3. The zero-order chi connectivity index (χ0) is 27.4. The highest BCUT2D eigenvalue weighted by Gasteiger charge is 2.44. The largest absolute Gasteiger partial charge is 0.367 e. The van der Waals surface area contributed by atoms with Crippen molar-refractivity contribution < 1.29 is 14.0 Å². The standard InChI is InChI=1S/C29H35ClFN5O2S/c30-22-9-6-20(7-10-22)19-36-28(38)23-11-8-21(18-25(23)33-29(36)39)27(37)32-12-3-13-34-14-16-35(17-15-34)26-5-2-1-4-24(26)31/h1-2,4-7,9-10,21,23,25H,3,8,11-19H2,(H,32,37)(H,33,39). The van der Waals surface area contributed by atoms with Crippen molar-refractivity contribution in [3.05, 3.63) is 64.9 Å². The quantitative estimate of drug-likeness (QED) is 0.371. The molecule has 1 aliphatic carbocycles. The highest BCUT2D eigenvalue weighted by molar-refractivity contribution is 7.80. The molecule has 2 saturated heterocycles. The number of hydrogen-bond donors (Lipinski definition) is 2. The monoisotopic (exact) mass is 571 g/mol. The van der Waals surface area contributed by atoms with Crippen molar-refractivity contribution in [2.24, 2.45) is 11.8 Å². The van der Waals surface area contributed by atoms with Gasteiger partial charge in [0.1, 0.15) is 5.82 Å². The Morgan fingerprint density at radius 1 is 1.08 bits per heavy atom. The molecule has 0 aromatic heterocycles. The molecule has 208 valence electrons. The number of benzene rings is 2. The number of halogens is 2. The van der Waals surface area contributed by atoms with Crippen LogP contribution in [0.25, 0.3) is 0 Å². The van der Waals surface area contributed by atoms with Gasteiger partial charge >= 0.3 is 0 Å². The van der Waals surface area contributed by atoms with Crippen molar-refractivity contribution in [2.75, 3.05) is 44.2 Å². The molecule has 3 unspecified atom stereocenters. The summed E-state index contributed by atoms with van der Waals surface area (Å²) >= 11 is 11.5. The number of hydrogen-bond acceptors (Lipinski definition) is 5. The Labute approximate surface area is 239 Å². The lowest BCUT2D eigenvalue weighted by molar-refractivity contribution is -0.138. The summed E-state index contributed by atoms with van der Waals surface area (Å²) in [7, 11) is 0. The van der Waals surface area contributed by atoms with Gasteiger partial charge in [0.05, 0.1) is 18.2 Å². The van der Waals surface area contributed by atoms with Gasteiger partial charge in [-0.3, -0.25) is 19.4 Å². The SMILES string of the molecule is O=C(NCCCN1CCN(c2ccccc2F)CC1)C1CCC2C(=O)N(Cc3ccc(Cl)cc3)C(=S)NC2C1. The van der Waals surface area contributed by atoms with Crippen LogP contribution in [0.5, 0.6) is 0 Å². The lowest BCUT2D eigenvalue weighted by atomic mass is 9.76. The summed E-state index contributed by atoms with van der Waals surface area (Å²) in [6, 6.07) is 14.2. The summed E-state index contributed by atoms with van der Waals surface area (Å²) in [6.45, 7) is 5.27. The van der Waals surface area contributed by atoms with Gasteiger partial charge < -0.3 is 15.5 Å². The summed E-state index contributed by atoms with van der Waals surface area (Å²) in [5, 5.41) is 7.52. The second-order valence-corrected chi connectivity index (χ2v) is 11.5. The molecular formula is C29H35ClFN5O2S. The van der Waals surface area contributed by atoms with E-state index >= 15 is 0 Å². The molecule has 0 spiro atoms. The molecule has 39 heavy (non-hydrogen) atoms. The molecule has 2 amide bonds. The number of para-hydroxylation sites is 1. The second-order valence-electron chi connectivity index (χ2n) is 10.6. The molecule has 2 aromatic rings. The van der Waals surface area contributed by atoms with Gasteiger partial charge in [-0.15, -0.1) is 0 Å². The van der Waals surface area contributed by atoms with Gasteiger partial charge in [0.25, 0.3) is 0 Å². The lowest BCUT2D eigenvalue weighted by Crippen LogP contribution is -2.61. The number of fused-ring (bicyclic) bond motifs is 1. The third kappa shape index (κ3) is 6.70. The summed E-state index contributed by atoms with van der Waals surface area (Å²) in [5.74, 6) is -0.376. The smallest absolute Gasteiger partial charge is 0.234 e. The fourth-order valence-electron chi connectivity index (χ4n) is 5.90. The maximum Gasteiger partial charge on any atom is 0.234 e. The van der Waals surface area contributed by atoms with Gasteiger partial charge in [-0.25, -0.2) is 4.39 Å². The van der Waals surface area contributed by atoms with Gasteiger partial charge in [0.15, 0.2) is 5.11 Å². The number of amides is 2. The van der Waals surface area contributed by atoms with Crippen LogP contribution >= 0.6 is 23.8 Å². The second kappa shape index (κ2) is 12.6. The predicted molar refractivity (Wildman–Crippen MR) is 155 cm³/mol. The van der Waals surface area contributed by atoms with Crippen LogP contribution in [-0.2, 0) is 16.1 Å². The van der Waals surface area contributed by atoms with Crippen molar-refractivity contribution in [1.82, 2.24) is 20.4 Å². The zero-order valence-corrected chi connectivity index (χ0v) is 23.5. The molecule has 10 heteroatoms. The molecule has 5 rings (SSSR count). The number of thiocarbonyl (C=S) groups is 1. The molecular weight excluding hydrogens is 537 g/mol. The van der Waals surface area contributed by atoms with Crippen LogP contribution in [0, 0.1) is 17.7 Å². The van der Waals surface area contributed by atoms with Crippen LogP contribution in [0.1, 0.15) is 31.2 Å². The van der Waals surface area contributed by atoms with Crippen molar-refractivity contribution in [3.63, 3.8) is 0 Å². The van der Waals surface area contributed by atoms with Crippen LogP contribution in [0.4, 0.5) is 10.1 Å². The normalized spacial score (nSPS) is 23.8. The minimum Gasteiger partial charge on any atom is -0.367 e. The highest BCUT2D eigenvalue weighted by atomic mass is 35.5. The molecule has 2 N–H and O–H groups in total. The first kappa shape index (κ1) is 27.8. The Morgan fingerprint density at radius 3 is 2.56 bits per heavy atom. The number of rotatable bonds is 8. The third-order valence-corrected chi connectivity index (χ3v) is 8.72. The van der Waals surface area contributed by atoms with Crippen LogP contribution in [-0.4, -0.2) is 72.0 Å². The van der Waals surface area contributed by atoms with E-state index in [0.29, 0.717) is 48.2 Å². The molecule has 0 radical (unpaired) electrons. The maximum absolute atomic E-state index is 14.1. The number of carbonyl (C=O) groups excluding carboxylic acids is 2. The van der Waals surface area contributed by atoms with Crippen molar-refractivity contribution >= 4 is 46.4 Å². The van der Waals surface area contributed by atoms with Crippen molar-refractivity contribution in [1.29, 1.82) is 0 Å². The molecule has 2 heterocycles. The van der Waals surface area contributed by atoms with E-state index in [1.165, 1.54) is 6.07 Å². The van der Waals surface area contributed by atoms with Gasteiger partial charge in [0.2, 0.25) is 11.8 Å². The van der Waals surface area contributed by atoms with Gasteiger partial charge in [-0.2, -0.15) is 0 Å². The Morgan fingerprint density at radius 2 is 1.82 bits per heavy atom. The molecule has 2 aromatic carbocycles. The van der Waals surface area contributed by atoms with Crippen LogP contribution in [0.2, 0.25) is 5.02 Å². The number of carbonyl (C=O) groups is 2. The van der Waals surface area contributed by atoms with E-state index in [4.69, 9.17) is 23.8 Å². The molecule has 3 atom stereocenters. The number of piperazine rings is 1. The van der Waals surface area contributed by atoms with Gasteiger partial charge in [-0.05, 0) is 74.3 Å². The Kier molecular flexibility index (Phi) is 8.99. The maximum atomic E-state index is 14.1. The minimum atomic E-state index is -0.174. The van der Waals surface area contributed by atoms with E-state index in [9.17, 15) is 14.0 Å². The topological polar surface area (TPSA) is 67.9 Å². The van der Waals surface area contributed by atoms with E-state index in [1.54, 1.807) is 11.0 Å². The van der Waals surface area contributed by atoms with Crippen LogP contribution < -0.4 is 15.5 Å². The predicted octanol–water partition coefficient (Wildman–Crippen LogP) is 3.81. The first-order chi connectivity index (χ1) is 18.9. The van der Waals surface area contributed by atoms with E-state index in [1.807, 2.05) is 36.4 Å². The molecule has 1 saturated carbocycles. The molecule has 2 aliphatic heterocycles. The summed E-state index contributed by atoms with van der Waals surface area (Å²) in [5.41, 5.74) is 1.64. The fraction of sp³-hybridized carbons (Fsp3) is 0.483. The fourth-order valence-corrected chi connectivity index (χ4v) is 6.33. The van der Waals surface area contributed by atoms with Crippen LogP contribution in [0.15, 0.2) is 48.5 Å². The third-order valence-electron chi connectivity index (χ3n) is 8.13. The summed E-state index contributed by atoms with van der Waals surface area (Å²) in [4.78, 5) is 32.3. The van der Waals surface area contributed by atoms with Gasteiger partial charge in [-0.1, -0.05) is 35.9 Å². The van der Waals surface area contributed by atoms with E-state index in [2.05, 4.69) is 20.4 Å². The molecule has 3 aliphatic rings. The van der Waals surface area contributed by atoms with Gasteiger partial charge in [0, 0.05) is 49.7 Å². The zero-order valence-electron chi connectivity index (χ0n) is 22.0. The average molecular weight is 572 g/mol. The van der Waals surface area contributed by atoms with E-state index in [-0.39, 0.29) is 35.5 Å². The first-order valence-electron chi connectivity index (χ1n) is 13.7. The minimum absolute atomic E-state index is 0.0349. The first-order valence-corrected chi connectivity index (χ1v) is 14.5. The Hall–Kier alpha value is -2.75. The van der Waals surface area contributed by atoms with Crippen molar-refractivity contribution in [2.45, 2.75) is 38.3 Å². The molecule has 3 fully saturated rings. The Balaban J connectivity index is 1.02. The average Bonchev–Trinajstić information content (AvgIpc) is 2.94. The van der Waals surface area contributed by atoms with E-state index in [0.717, 1.165) is 44.7 Å². The number of nitrogens with one attached hydrogen (secondary N) is 2. The lowest BCUT2D eigenvalue weighted by Gasteiger charge is -2.43. The van der Waals surface area contributed by atoms with E-state index < -0.39 is 0 Å². The van der Waals surface area contributed by atoms with Crippen LogP contribution in [0.3, 0.4) is 0 Å². The number of anilines is 1. The molecule has 0 bridgehead atoms. The van der Waals surface area contributed by atoms with Crippen molar-refractivity contribution in [3.8, 4) is 0 Å². The Bertz CT molecular complexity index is 1190. The molecule has 7 nitrogen and oxygen atoms in total.